The molecule has 0 atom stereocenters. The normalized spacial score (nSPS) is 14.1. The van der Waals surface area contributed by atoms with Gasteiger partial charge in [0.2, 0.25) is 0 Å². The van der Waals surface area contributed by atoms with Crippen molar-refractivity contribution in [3.8, 4) is 0 Å². The molecule has 1 aromatic carbocycles. The van der Waals surface area contributed by atoms with Gasteiger partial charge in [-0.3, -0.25) is 4.90 Å². The van der Waals surface area contributed by atoms with Gasteiger partial charge >= 0.3 is 0 Å². The van der Waals surface area contributed by atoms with Crippen molar-refractivity contribution in [3.63, 3.8) is 0 Å². The second-order valence-corrected chi connectivity index (χ2v) is 5.74. The summed E-state index contributed by atoms with van der Waals surface area (Å²) in [7, 11) is 0. The Labute approximate surface area is 143 Å². The molecular weight excluding hydrogens is 321 g/mol. The van der Waals surface area contributed by atoms with Gasteiger partial charge in [-0.15, -0.1) is 35.0 Å². The highest BCUT2D eigenvalue weighted by atomic mass is 35.5. The van der Waals surface area contributed by atoms with E-state index in [-0.39, 0.29) is 24.8 Å². The number of hydrogen-bond donors (Lipinski definition) is 1. The van der Waals surface area contributed by atoms with Crippen LogP contribution in [0.3, 0.4) is 0 Å². The van der Waals surface area contributed by atoms with Crippen molar-refractivity contribution in [3.05, 3.63) is 41.5 Å². The third kappa shape index (κ3) is 3.91. The van der Waals surface area contributed by atoms with E-state index in [4.69, 9.17) is 5.73 Å². The van der Waals surface area contributed by atoms with Gasteiger partial charge in [0.05, 0.1) is 6.54 Å². The second-order valence-electron chi connectivity index (χ2n) is 5.74. The minimum absolute atomic E-state index is 0. The molecule has 1 aliphatic heterocycles. The highest BCUT2D eigenvalue weighted by Gasteiger charge is 2.22. The van der Waals surface area contributed by atoms with E-state index in [9.17, 15) is 0 Å². The van der Waals surface area contributed by atoms with Gasteiger partial charge in [-0.1, -0.05) is 26.0 Å². The predicted octanol–water partition coefficient (Wildman–Crippen LogP) is 2.84. The minimum Gasteiger partial charge on any atom is -0.399 e. The number of hydrogen-bond acceptors (Lipinski definition) is 4. The molecule has 1 aromatic heterocycles. The molecule has 3 rings (SSSR count). The molecule has 2 heterocycles. The Kier molecular flexibility index (Phi) is 6.66. The Bertz CT molecular complexity index is 612. The fourth-order valence-corrected chi connectivity index (χ4v) is 2.74. The number of nitrogens with two attached hydrogens (primary N) is 1. The molecule has 1 aliphatic rings. The molecule has 0 saturated heterocycles. The van der Waals surface area contributed by atoms with Gasteiger partial charge in [-0.05, 0) is 17.7 Å². The first-order chi connectivity index (χ1) is 9.63. The summed E-state index contributed by atoms with van der Waals surface area (Å²) in [5.74, 6) is 2.60. The molecule has 0 unspecified atom stereocenters. The van der Waals surface area contributed by atoms with Crippen LogP contribution in [0.25, 0.3) is 0 Å². The highest BCUT2D eigenvalue weighted by Crippen LogP contribution is 2.20. The Morgan fingerprint density at radius 2 is 1.95 bits per heavy atom. The van der Waals surface area contributed by atoms with Gasteiger partial charge in [0.25, 0.3) is 0 Å². The fraction of sp³-hybridized carbons (Fsp3) is 0.467. The Morgan fingerprint density at radius 1 is 1.18 bits per heavy atom. The number of rotatable bonds is 3. The van der Waals surface area contributed by atoms with Crippen molar-refractivity contribution in [2.45, 2.75) is 39.4 Å². The van der Waals surface area contributed by atoms with Gasteiger partial charge in [-0.2, -0.15) is 0 Å². The number of nitrogen functional groups attached to an aromatic ring is 1. The van der Waals surface area contributed by atoms with Crippen LogP contribution in [0, 0.1) is 0 Å². The van der Waals surface area contributed by atoms with Crippen LogP contribution in [-0.4, -0.2) is 26.2 Å². The number of anilines is 1. The summed E-state index contributed by atoms with van der Waals surface area (Å²) in [6, 6.07) is 8.09. The first kappa shape index (κ1) is 18.7. The van der Waals surface area contributed by atoms with Gasteiger partial charge in [0.1, 0.15) is 11.6 Å². The number of nitrogens with zero attached hydrogens (tertiary/aromatic N) is 4. The summed E-state index contributed by atoms with van der Waals surface area (Å²) in [6.45, 7) is 8.09. The van der Waals surface area contributed by atoms with Crippen LogP contribution in [0.4, 0.5) is 5.69 Å². The zero-order chi connectivity index (χ0) is 14.1. The van der Waals surface area contributed by atoms with Gasteiger partial charge < -0.3 is 10.3 Å². The van der Waals surface area contributed by atoms with Gasteiger partial charge in [0.15, 0.2) is 0 Å². The lowest BCUT2D eigenvalue weighted by atomic mass is 10.1. The summed E-state index contributed by atoms with van der Waals surface area (Å²) in [4.78, 5) is 2.39. The third-order valence-electron chi connectivity index (χ3n) is 3.73. The van der Waals surface area contributed by atoms with E-state index in [0.717, 1.165) is 43.5 Å². The molecule has 0 fully saturated rings. The molecule has 0 spiro atoms. The Balaban J connectivity index is 0.00000121. The lowest BCUT2D eigenvalue weighted by Crippen LogP contribution is -2.34. The van der Waals surface area contributed by atoms with E-state index in [1.54, 1.807) is 0 Å². The molecule has 5 nitrogen and oxygen atoms in total. The van der Waals surface area contributed by atoms with Gasteiger partial charge in [0, 0.05) is 31.2 Å². The first-order valence-corrected chi connectivity index (χ1v) is 7.12. The minimum atomic E-state index is 0. The Morgan fingerprint density at radius 3 is 2.64 bits per heavy atom. The van der Waals surface area contributed by atoms with Crippen molar-refractivity contribution >= 4 is 30.5 Å². The van der Waals surface area contributed by atoms with E-state index < -0.39 is 0 Å². The lowest BCUT2D eigenvalue weighted by Gasteiger charge is -2.28. The molecule has 0 bridgehead atoms. The lowest BCUT2D eigenvalue weighted by molar-refractivity contribution is 0.206. The maximum atomic E-state index is 5.83. The SMILES string of the molecule is CC(C)c1nnc2n1CCN(Cc1cccc(N)c1)C2.Cl.Cl. The van der Waals surface area contributed by atoms with E-state index in [2.05, 4.69) is 39.6 Å². The van der Waals surface area contributed by atoms with Crippen LogP contribution < -0.4 is 5.73 Å². The van der Waals surface area contributed by atoms with Gasteiger partial charge in [-0.25, -0.2) is 0 Å². The molecule has 122 valence electrons. The zero-order valence-electron chi connectivity index (χ0n) is 12.9. The number of fused-ring (bicyclic) bond motifs is 1. The molecule has 22 heavy (non-hydrogen) atoms. The largest absolute Gasteiger partial charge is 0.399 e. The zero-order valence-corrected chi connectivity index (χ0v) is 14.5. The molecular formula is C15H23Cl2N5. The second kappa shape index (κ2) is 7.81. The predicted molar refractivity (Wildman–Crippen MR) is 93.6 cm³/mol. The molecule has 0 radical (unpaired) electrons. The van der Waals surface area contributed by atoms with Crippen LogP contribution in [0.5, 0.6) is 0 Å². The monoisotopic (exact) mass is 343 g/mol. The van der Waals surface area contributed by atoms with Crippen LogP contribution in [0.2, 0.25) is 0 Å². The fourth-order valence-electron chi connectivity index (χ4n) is 2.74. The summed E-state index contributed by atoms with van der Waals surface area (Å²) in [5.41, 5.74) is 7.91. The van der Waals surface area contributed by atoms with Crippen LogP contribution in [0.15, 0.2) is 24.3 Å². The molecule has 7 heteroatoms. The first-order valence-electron chi connectivity index (χ1n) is 7.12. The van der Waals surface area contributed by atoms with Crippen molar-refractivity contribution in [1.29, 1.82) is 0 Å². The van der Waals surface area contributed by atoms with E-state index in [0.29, 0.717) is 5.92 Å². The molecule has 0 saturated carbocycles. The van der Waals surface area contributed by atoms with E-state index in [1.807, 2.05) is 18.2 Å². The number of benzene rings is 1. The topological polar surface area (TPSA) is 60.0 Å². The summed E-state index contributed by atoms with van der Waals surface area (Å²) in [5, 5.41) is 8.65. The Hall–Kier alpha value is -1.30. The van der Waals surface area contributed by atoms with E-state index in [1.165, 1.54) is 5.56 Å². The molecule has 2 aromatic rings. The van der Waals surface area contributed by atoms with Crippen molar-refractivity contribution in [2.75, 3.05) is 12.3 Å². The van der Waals surface area contributed by atoms with Crippen molar-refractivity contribution in [1.82, 2.24) is 19.7 Å². The van der Waals surface area contributed by atoms with Crippen LogP contribution >= 0.6 is 24.8 Å². The molecule has 0 aliphatic carbocycles. The molecule has 2 N–H and O–H groups in total. The highest BCUT2D eigenvalue weighted by molar-refractivity contribution is 5.85. The average molecular weight is 344 g/mol. The van der Waals surface area contributed by atoms with Crippen LogP contribution in [-0.2, 0) is 19.6 Å². The molecule has 0 amide bonds. The number of halogens is 2. The van der Waals surface area contributed by atoms with E-state index >= 15 is 0 Å². The average Bonchev–Trinajstić information content (AvgIpc) is 2.82. The summed E-state index contributed by atoms with van der Waals surface area (Å²) in [6.07, 6.45) is 0. The summed E-state index contributed by atoms with van der Waals surface area (Å²) < 4.78 is 2.26. The number of aromatic nitrogens is 3. The van der Waals surface area contributed by atoms with Crippen molar-refractivity contribution < 1.29 is 0 Å². The third-order valence-corrected chi connectivity index (χ3v) is 3.73. The maximum absolute atomic E-state index is 5.83. The van der Waals surface area contributed by atoms with Crippen LogP contribution in [0.1, 0.15) is 37.0 Å². The maximum Gasteiger partial charge on any atom is 0.147 e. The quantitative estimate of drug-likeness (QED) is 0.870. The standard InChI is InChI=1S/C15H21N5.2ClH/c1-11(2)15-18-17-14-10-19(6-7-20(14)15)9-12-4-3-5-13(16)8-12;;/h3-5,8,11H,6-7,9-10,16H2,1-2H3;2*1H. The summed E-state index contributed by atoms with van der Waals surface area (Å²) >= 11 is 0. The van der Waals surface area contributed by atoms with Crippen molar-refractivity contribution in [2.24, 2.45) is 0 Å². The smallest absolute Gasteiger partial charge is 0.147 e.